The van der Waals surface area contributed by atoms with Crippen LogP contribution in [0.2, 0.25) is 0 Å². The van der Waals surface area contributed by atoms with Crippen molar-refractivity contribution in [3.05, 3.63) is 53.0 Å². The molecule has 5 heteroatoms. The highest BCUT2D eigenvalue weighted by Crippen LogP contribution is 2.17. The van der Waals surface area contributed by atoms with Gasteiger partial charge in [0.1, 0.15) is 5.75 Å². The lowest BCUT2D eigenvalue weighted by Crippen LogP contribution is -2.16. The fourth-order valence-electron chi connectivity index (χ4n) is 2.00. The number of rotatable bonds is 7. The summed E-state index contributed by atoms with van der Waals surface area (Å²) in [6, 6.07) is 15.3. The number of benzene rings is 2. The molecule has 0 aliphatic heterocycles. The van der Waals surface area contributed by atoms with Crippen molar-refractivity contribution in [3.63, 3.8) is 0 Å². The van der Waals surface area contributed by atoms with Gasteiger partial charge in [0.05, 0.1) is 6.10 Å². The Morgan fingerprint density at radius 2 is 1.65 bits per heavy atom. The van der Waals surface area contributed by atoms with E-state index in [1.54, 1.807) is 0 Å². The molecule has 23 heavy (non-hydrogen) atoms. The number of carbonyl (C=O) groups excluding carboxylic acids is 1. The summed E-state index contributed by atoms with van der Waals surface area (Å²) in [5.41, 5.74) is 1.77. The fourth-order valence-corrected chi connectivity index (χ4v) is 2.26. The number of nitrogens with one attached hydrogen (secondary N) is 2. The Morgan fingerprint density at radius 1 is 1.04 bits per heavy atom. The predicted octanol–water partition coefficient (Wildman–Crippen LogP) is 4.68. The molecule has 0 aliphatic rings. The fraction of sp³-hybridized carbons (Fsp3) is 0.278. The van der Waals surface area contributed by atoms with E-state index < -0.39 is 0 Å². The first-order valence-corrected chi connectivity index (χ1v) is 8.38. The third-order valence-electron chi connectivity index (χ3n) is 3.04. The van der Waals surface area contributed by atoms with Crippen LogP contribution in [0, 0.1) is 0 Å². The van der Waals surface area contributed by atoms with Crippen molar-refractivity contribution < 1.29 is 9.53 Å². The molecule has 1 amide bonds. The largest absolute Gasteiger partial charge is 0.491 e. The van der Waals surface area contributed by atoms with Crippen molar-refractivity contribution in [2.45, 2.75) is 26.4 Å². The molecule has 4 nitrogen and oxygen atoms in total. The van der Waals surface area contributed by atoms with Gasteiger partial charge >= 0.3 is 0 Å². The molecule has 2 N–H and O–H groups in total. The Bertz CT molecular complexity index is 624. The first kappa shape index (κ1) is 17.3. The number of amides is 1. The van der Waals surface area contributed by atoms with Gasteiger partial charge in [-0.15, -0.1) is 0 Å². The summed E-state index contributed by atoms with van der Waals surface area (Å²) < 4.78 is 6.58. The lowest BCUT2D eigenvalue weighted by Gasteiger charge is -2.11. The van der Waals surface area contributed by atoms with Crippen LogP contribution < -0.4 is 15.4 Å². The predicted molar refractivity (Wildman–Crippen MR) is 98.1 cm³/mol. The van der Waals surface area contributed by atoms with E-state index in [0.29, 0.717) is 13.0 Å². The number of hydrogen-bond donors (Lipinski definition) is 2. The van der Waals surface area contributed by atoms with Crippen LogP contribution in [0.1, 0.15) is 20.3 Å². The Kier molecular flexibility index (Phi) is 6.47. The summed E-state index contributed by atoms with van der Waals surface area (Å²) in [6.07, 6.45) is 0.566. The number of ether oxygens (including phenoxy) is 1. The zero-order valence-electron chi connectivity index (χ0n) is 13.3. The minimum absolute atomic E-state index is 0.0143. The molecule has 0 saturated carbocycles. The standard InChI is InChI=1S/C18H21BrN2O2/c1-13(2)23-17-9-7-15(8-10-17)20-12-11-18(22)21-16-5-3-14(19)4-6-16/h3-10,13,20H,11-12H2,1-2H3,(H,21,22). The Labute approximate surface area is 145 Å². The van der Waals surface area contributed by atoms with Crippen LogP contribution >= 0.6 is 15.9 Å². The second-order valence-electron chi connectivity index (χ2n) is 5.42. The topological polar surface area (TPSA) is 50.4 Å². The molecule has 0 aliphatic carbocycles. The van der Waals surface area contributed by atoms with Crippen molar-refractivity contribution in [2.75, 3.05) is 17.2 Å². The highest BCUT2D eigenvalue weighted by atomic mass is 79.9. The first-order valence-electron chi connectivity index (χ1n) is 7.59. The van der Waals surface area contributed by atoms with Crippen molar-refractivity contribution in [1.29, 1.82) is 0 Å². The average Bonchev–Trinajstić information content (AvgIpc) is 2.51. The summed E-state index contributed by atoms with van der Waals surface area (Å²) >= 11 is 3.37. The van der Waals surface area contributed by atoms with Gasteiger partial charge in [0.2, 0.25) is 5.91 Å². The smallest absolute Gasteiger partial charge is 0.226 e. The van der Waals surface area contributed by atoms with Gasteiger partial charge in [-0.05, 0) is 62.4 Å². The Balaban J connectivity index is 1.73. The minimum atomic E-state index is -0.0143. The van der Waals surface area contributed by atoms with Crippen molar-refractivity contribution >= 4 is 33.2 Å². The van der Waals surface area contributed by atoms with Crippen LogP contribution in [-0.4, -0.2) is 18.6 Å². The van der Waals surface area contributed by atoms with Gasteiger partial charge in [0, 0.05) is 28.8 Å². The maximum atomic E-state index is 11.9. The van der Waals surface area contributed by atoms with Crippen molar-refractivity contribution in [1.82, 2.24) is 0 Å². The molecular weight excluding hydrogens is 356 g/mol. The van der Waals surface area contributed by atoms with E-state index in [2.05, 4.69) is 26.6 Å². The molecule has 0 atom stereocenters. The van der Waals surface area contributed by atoms with Crippen LogP contribution in [0.5, 0.6) is 5.75 Å². The summed E-state index contributed by atoms with van der Waals surface area (Å²) in [4.78, 5) is 11.9. The second-order valence-corrected chi connectivity index (χ2v) is 6.34. The third-order valence-corrected chi connectivity index (χ3v) is 3.56. The summed E-state index contributed by atoms with van der Waals surface area (Å²) in [7, 11) is 0. The van der Waals surface area contributed by atoms with Crippen LogP contribution in [0.4, 0.5) is 11.4 Å². The molecule has 0 unspecified atom stereocenters. The Hall–Kier alpha value is -2.01. The van der Waals surface area contributed by atoms with E-state index in [1.165, 1.54) is 0 Å². The molecule has 0 aromatic heterocycles. The number of hydrogen-bond acceptors (Lipinski definition) is 3. The molecule has 122 valence electrons. The van der Waals surface area contributed by atoms with Crippen LogP contribution in [0.25, 0.3) is 0 Å². The molecule has 2 aromatic rings. The molecule has 0 heterocycles. The van der Waals surface area contributed by atoms with Crippen molar-refractivity contribution in [2.24, 2.45) is 0 Å². The average molecular weight is 377 g/mol. The highest BCUT2D eigenvalue weighted by Gasteiger charge is 2.03. The van der Waals surface area contributed by atoms with Gasteiger partial charge in [-0.25, -0.2) is 0 Å². The Morgan fingerprint density at radius 3 is 2.26 bits per heavy atom. The maximum Gasteiger partial charge on any atom is 0.226 e. The van der Waals surface area contributed by atoms with Gasteiger partial charge in [-0.3, -0.25) is 4.79 Å². The lowest BCUT2D eigenvalue weighted by molar-refractivity contribution is -0.115. The molecule has 0 spiro atoms. The van der Waals surface area contributed by atoms with E-state index in [-0.39, 0.29) is 12.0 Å². The van der Waals surface area contributed by atoms with Gasteiger partial charge in [-0.2, -0.15) is 0 Å². The van der Waals surface area contributed by atoms with E-state index in [9.17, 15) is 4.79 Å². The normalized spacial score (nSPS) is 10.4. The van der Waals surface area contributed by atoms with Crippen LogP contribution in [0.3, 0.4) is 0 Å². The molecule has 0 radical (unpaired) electrons. The highest BCUT2D eigenvalue weighted by molar-refractivity contribution is 9.10. The molecule has 0 bridgehead atoms. The quantitative estimate of drug-likeness (QED) is 0.737. The van der Waals surface area contributed by atoms with Gasteiger partial charge in [-0.1, -0.05) is 15.9 Å². The molecular formula is C18H21BrN2O2. The van der Waals surface area contributed by atoms with E-state index >= 15 is 0 Å². The van der Waals surface area contributed by atoms with E-state index in [4.69, 9.17) is 4.74 Å². The lowest BCUT2D eigenvalue weighted by atomic mass is 10.2. The molecule has 2 rings (SSSR count). The summed E-state index contributed by atoms with van der Waals surface area (Å²) in [5.74, 6) is 0.832. The zero-order valence-corrected chi connectivity index (χ0v) is 14.9. The van der Waals surface area contributed by atoms with Gasteiger partial charge < -0.3 is 15.4 Å². The SMILES string of the molecule is CC(C)Oc1ccc(NCCC(=O)Nc2ccc(Br)cc2)cc1. The number of anilines is 2. The minimum Gasteiger partial charge on any atom is -0.491 e. The van der Waals surface area contributed by atoms with Crippen LogP contribution in [0.15, 0.2) is 53.0 Å². The third kappa shape index (κ3) is 6.32. The van der Waals surface area contributed by atoms with E-state index in [0.717, 1.165) is 21.6 Å². The second kappa shape index (κ2) is 8.58. The monoisotopic (exact) mass is 376 g/mol. The zero-order chi connectivity index (χ0) is 16.7. The molecule has 0 fully saturated rings. The van der Waals surface area contributed by atoms with Gasteiger partial charge in [0.25, 0.3) is 0 Å². The van der Waals surface area contributed by atoms with Crippen LogP contribution in [-0.2, 0) is 4.79 Å². The number of carbonyl (C=O) groups is 1. The first-order chi connectivity index (χ1) is 11.0. The maximum absolute atomic E-state index is 11.9. The number of halogens is 1. The molecule has 0 saturated heterocycles. The summed E-state index contributed by atoms with van der Waals surface area (Å²) in [5, 5.41) is 6.09. The van der Waals surface area contributed by atoms with Crippen molar-refractivity contribution in [3.8, 4) is 5.75 Å². The van der Waals surface area contributed by atoms with E-state index in [1.807, 2.05) is 62.4 Å². The molecule has 2 aromatic carbocycles. The summed E-state index contributed by atoms with van der Waals surface area (Å²) in [6.45, 7) is 4.57. The van der Waals surface area contributed by atoms with Gasteiger partial charge in [0.15, 0.2) is 0 Å².